The van der Waals surface area contributed by atoms with Crippen molar-refractivity contribution in [3.8, 4) is 5.75 Å². The number of rotatable bonds is 4. The molecule has 1 aliphatic carbocycles. The third-order valence-corrected chi connectivity index (χ3v) is 4.14. The van der Waals surface area contributed by atoms with E-state index in [1.807, 2.05) is 12.1 Å². The van der Waals surface area contributed by atoms with Gasteiger partial charge in [-0.3, -0.25) is 0 Å². The van der Waals surface area contributed by atoms with Crippen molar-refractivity contribution in [2.24, 2.45) is 0 Å². The molecule has 1 atom stereocenters. The molecule has 1 aromatic rings. The van der Waals surface area contributed by atoms with Crippen molar-refractivity contribution in [2.75, 3.05) is 6.54 Å². The van der Waals surface area contributed by atoms with E-state index in [-0.39, 0.29) is 6.04 Å². The summed E-state index contributed by atoms with van der Waals surface area (Å²) in [5.41, 5.74) is 0.499. The molecule has 0 aliphatic heterocycles. The second-order valence-corrected chi connectivity index (χ2v) is 5.84. The summed E-state index contributed by atoms with van der Waals surface area (Å²) in [6, 6.07) is 7.43. The fourth-order valence-corrected chi connectivity index (χ4v) is 2.82. The Morgan fingerprint density at radius 3 is 2.53 bits per heavy atom. The van der Waals surface area contributed by atoms with Gasteiger partial charge < -0.3 is 15.5 Å². The second-order valence-electron chi connectivity index (χ2n) is 5.84. The van der Waals surface area contributed by atoms with Gasteiger partial charge in [0.2, 0.25) is 0 Å². The quantitative estimate of drug-likeness (QED) is 0.732. The molecule has 0 heterocycles. The maximum absolute atomic E-state index is 10.6. The second kappa shape index (κ2) is 6.40. The topological polar surface area (TPSA) is 52.5 Å². The average molecular weight is 263 g/mol. The predicted octanol–water partition coefficient (Wildman–Crippen LogP) is 3.13. The minimum atomic E-state index is -0.554. The van der Waals surface area contributed by atoms with E-state index in [0.717, 1.165) is 31.2 Å². The van der Waals surface area contributed by atoms with Crippen molar-refractivity contribution in [3.63, 3.8) is 0 Å². The number of aromatic hydroxyl groups is 1. The van der Waals surface area contributed by atoms with Gasteiger partial charge in [-0.15, -0.1) is 0 Å². The molecule has 0 radical (unpaired) electrons. The fraction of sp³-hybridized carbons (Fsp3) is 0.625. The maximum atomic E-state index is 10.6. The molecule has 19 heavy (non-hydrogen) atoms. The molecule has 0 spiro atoms. The van der Waals surface area contributed by atoms with Crippen molar-refractivity contribution in [1.82, 2.24) is 5.32 Å². The van der Waals surface area contributed by atoms with Gasteiger partial charge >= 0.3 is 0 Å². The van der Waals surface area contributed by atoms with Crippen LogP contribution in [-0.4, -0.2) is 22.4 Å². The van der Waals surface area contributed by atoms with Crippen LogP contribution in [0.4, 0.5) is 0 Å². The largest absolute Gasteiger partial charge is 0.508 e. The normalized spacial score (nSPS) is 20.7. The number of aliphatic hydroxyl groups is 1. The zero-order valence-electron chi connectivity index (χ0n) is 11.7. The molecule has 1 unspecified atom stereocenters. The Labute approximate surface area is 115 Å². The molecule has 1 aliphatic rings. The van der Waals surface area contributed by atoms with Crippen LogP contribution in [0.15, 0.2) is 24.3 Å². The third-order valence-electron chi connectivity index (χ3n) is 4.14. The van der Waals surface area contributed by atoms with Crippen LogP contribution in [0.3, 0.4) is 0 Å². The molecule has 1 fully saturated rings. The van der Waals surface area contributed by atoms with E-state index >= 15 is 0 Å². The Balaban J connectivity index is 1.90. The fourth-order valence-electron chi connectivity index (χ4n) is 2.82. The lowest BCUT2D eigenvalue weighted by Gasteiger charge is -2.29. The van der Waals surface area contributed by atoms with Gasteiger partial charge in [0.05, 0.1) is 5.60 Å². The molecule has 3 heteroatoms. The van der Waals surface area contributed by atoms with E-state index in [1.54, 1.807) is 12.1 Å². The Bertz CT molecular complexity index is 397. The van der Waals surface area contributed by atoms with Crippen molar-refractivity contribution in [1.29, 1.82) is 0 Å². The highest BCUT2D eigenvalue weighted by molar-refractivity contribution is 5.29. The minimum absolute atomic E-state index is 0.138. The SMILES string of the molecule is CC(NCC1(O)CCCCCC1)c1cccc(O)c1. The van der Waals surface area contributed by atoms with Crippen LogP contribution in [0.1, 0.15) is 57.1 Å². The van der Waals surface area contributed by atoms with E-state index in [1.165, 1.54) is 12.8 Å². The van der Waals surface area contributed by atoms with Gasteiger partial charge in [0.25, 0.3) is 0 Å². The summed E-state index contributed by atoms with van der Waals surface area (Å²) < 4.78 is 0. The van der Waals surface area contributed by atoms with Gasteiger partial charge in [-0.2, -0.15) is 0 Å². The average Bonchev–Trinajstić information content (AvgIpc) is 2.61. The number of benzene rings is 1. The smallest absolute Gasteiger partial charge is 0.115 e. The lowest BCUT2D eigenvalue weighted by molar-refractivity contribution is 0.0231. The summed E-state index contributed by atoms with van der Waals surface area (Å²) in [4.78, 5) is 0. The number of hydrogen-bond acceptors (Lipinski definition) is 3. The first kappa shape index (κ1) is 14.4. The van der Waals surface area contributed by atoms with Crippen LogP contribution in [0.2, 0.25) is 0 Å². The molecule has 2 rings (SSSR count). The molecule has 1 aromatic carbocycles. The van der Waals surface area contributed by atoms with Crippen LogP contribution in [0.5, 0.6) is 5.75 Å². The number of hydrogen-bond donors (Lipinski definition) is 3. The van der Waals surface area contributed by atoms with E-state index in [2.05, 4.69) is 12.2 Å². The third kappa shape index (κ3) is 4.22. The minimum Gasteiger partial charge on any atom is -0.508 e. The van der Waals surface area contributed by atoms with Gasteiger partial charge in [0.15, 0.2) is 0 Å². The molecule has 1 saturated carbocycles. The molecule has 0 amide bonds. The molecule has 106 valence electrons. The Morgan fingerprint density at radius 2 is 1.89 bits per heavy atom. The lowest BCUT2D eigenvalue weighted by atomic mass is 9.94. The first-order valence-corrected chi connectivity index (χ1v) is 7.34. The molecular formula is C16H25NO2. The number of phenols is 1. The first-order chi connectivity index (χ1) is 9.09. The number of phenolic OH excluding ortho intramolecular Hbond substituents is 1. The van der Waals surface area contributed by atoms with Crippen molar-refractivity contribution >= 4 is 0 Å². The van der Waals surface area contributed by atoms with Crippen molar-refractivity contribution in [3.05, 3.63) is 29.8 Å². The van der Waals surface area contributed by atoms with Crippen LogP contribution >= 0.6 is 0 Å². The highest BCUT2D eigenvalue weighted by atomic mass is 16.3. The van der Waals surface area contributed by atoms with Crippen molar-refractivity contribution in [2.45, 2.75) is 57.1 Å². The van der Waals surface area contributed by atoms with Crippen molar-refractivity contribution < 1.29 is 10.2 Å². The van der Waals surface area contributed by atoms with Gasteiger partial charge in [0.1, 0.15) is 5.75 Å². The Kier molecular flexibility index (Phi) is 4.83. The van der Waals surface area contributed by atoms with E-state index in [4.69, 9.17) is 0 Å². The van der Waals surface area contributed by atoms with Crippen LogP contribution in [0.25, 0.3) is 0 Å². The first-order valence-electron chi connectivity index (χ1n) is 7.34. The summed E-state index contributed by atoms with van der Waals surface area (Å²) in [7, 11) is 0. The van der Waals surface area contributed by atoms with Crippen LogP contribution in [-0.2, 0) is 0 Å². The van der Waals surface area contributed by atoms with Gasteiger partial charge in [-0.1, -0.05) is 37.8 Å². The summed E-state index contributed by atoms with van der Waals surface area (Å²) in [5, 5.41) is 23.5. The zero-order chi connectivity index (χ0) is 13.7. The highest BCUT2D eigenvalue weighted by Gasteiger charge is 2.28. The Hall–Kier alpha value is -1.06. The predicted molar refractivity (Wildman–Crippen MR) is 77.2 cm³/mol. The van der Waals surface area contributed by atoms with Crippen LogP contribution < -0.4 is 5.32 Å². The number of nitrogens with one attached hydrogen (secondary N) is 1. The lowest BCUT2D eigenvalue weighted by Crippen LogP contribution is -2.41. The molecule has 0 aromatic heterocycles. The van der Waals surface area contributed by atoms with E-state index < -0.39 is 5.60 Å². The molecule has 0 bridgehead atoms. The van der Waals surface area contributed by atoms with E-state index in [0.29, 0.717) is 12.3 Å². The Morgan fingerprint density at radius 1 is 1.21 bits per heavy atom. The summed E-state index contributed by atoms with van der Waals surface area (Å²) in [5.74, 6) is 0.291. The maximum Gasteiger partial charge on any atom is 0.115 e. The standard InChI is InChI=1S/C16H25NO2/c1-13(14-7-6-8-15(18)11-14)17-12-16(19)9-4-2-3-5-10-16/h6-8,11,13,17-19H,2-5,9-10,12H2,1H3. The summed E-state index contributed by atoms with van der Waals surface area (Å²) in [6.07, 6.45) is 6.52. The van der Waals surface area contributed by atoms with Gasteiger partial charge in [-0.25, -0.2) is 0 Å². The zero-order valence-corrected chi connectivity index (χ0v) is 11.7. The highest BCUT2D eigenvalue weighted by Crippen LogP contribution is 2.27. The van der Waals surface area contributed by atoms with E-state index in [9.17, 15) is 10.2 Å². The van der Waals surface area contributed by atoms with Gasteiger partial charge in [0, 0.05) is 12.6 Å². The summed E-state index contributed by atoms with van der Waals surface area (Å²) in [6.45, 7) is 2.69. The molecular weight excluding hydrogens is 238 g/mol. The van der Waals surface area contributed by atoms with Gasteiger partial charge in [-0.05, 0) is 37.5 Å². The monoisotopic (exact) mass is 263 g/mol. The molecule has 3 N–H and O–H groups in total. The summed E-state index contributed by atoms with van der Waals surface area (Å²) >= 11 is 0. The molecule has 3 nitrogen and oxygen atoms in total. The molecule has 0 saturated heterocycles. The van der Waals surface area contributed by atoms with Crippen LogP contribution in [0, 0.1) is 0 Å².